The highest BCUT2D eigenvalue weighted by atomic mass is 16.5. The molecule has 1 rings (SSSR count). The molecule has 0 aromatic carbocycles. The summed E-state index contributed by atoms with van der Waals surface area (Å²) in [5.41, 5.74) is 0. The van der Waals surface area contributed by atoms with Crippen molar-refractivity contribution in [2.45, 2.75) is 31.0 Å². The van der Waals surface area contributed by atoms with Crippen LogP contribution in [0.25, 0.3) is 0 Å². The number of piperidine rings is 1. The van der Waals surface area contributed by atoms with Crippen LogP contribution in [0.15, 0.2) is 0 Å². The molecular formula is C9H15NO5. The van der Waals surface area contributed by atoms with Crippen LogP contribution in [0.2, 0.25) is 0 Å². The van der Waals surface area contributed by atoms with E-state index in [9.17, 15) is 14.7 Å². The first-order valence-corrected chi connectivity index (χ1v) is 4.68. The number of carbonyl (C=O) groups excluding carboxylic acids is 2. The number of hydrogen-bond acceptors (Lipinski definition) is 6. The van der Waals surface area contributed by atoms with E-state index < -0.39 is 30.1 Å². The summed E-state index contributed by atoms with van der Waals surface area (Å²) in [5, 5.41) is 12.3. The van der Waals surface area contributed by atoms with Gasteiger partial charge in [0.05, 0.1) is 20.3 Å². The Kier molecular flexibility index (Phi) is 4.05. The lowest BCUT2D eigenvalue weighted by molar-refractivity contribution is -0.150. The highest BCUT2D eigenvalue weighted by molar-refractivity contribution is 5.80. The summed E-state index contributed by atoms with van der Waals surface area (Å²) in [6, 6.07) is -1.30. The largest absolute Gasteiger partial charge is 0.468 e. The summed E-state index contributed by atoms with van der Waals surface area (Å²) >= 11 is 0. The summed E-state index contributed by atoms with van der Waals surface area (Å²) in [6.45, 7) is 0. The van der Waals surface area contributed by atoms with Crippen molar-refractivity contribution < 1.29 is 24.2 Å². The van der Waals surface area contributed by atoms with E-state index in [1.54, 1.807) is 0 Å². The Hall–Kier alpha value is -1.14. The lowest BCUT2D eigenvalue weighted by Crippen LogP contribution is -2.54. The number of rotatable bonds is 2. The van der Waals surface area contributed by atoms with Crippen LogP contribution in [0.1, 0.15) is 12.8 Å². The predicted octanol–water partition coefficient (Wildman–Crippen LogP) is -1.19. The van der Waals surface area contributed by atoms with Gasteiger partial charge in [-0.05, 0) is 12.8 Å². The highest BCUT2D eigenvalue weighted by Gasteiger charge is 2.35. The number of nitrogens with one attached hydrogen (secondary N) is 1. The van der Waals surface area contributed by atoms with E-state index >= 15 is 0 Å². The number of aliphatic hydroxyl groups excluding tert-OH is 1. The third kappa shape index (κ3) is 2.90. The fraction of sp³-hybridized carbons (Fsp3) is 0.778. The SMILES string of the molecule is COC(=O)[C@@H]1CC(O)C[C@H](C(=O)OC)N1. The number of carbonyl (C=O) groups is 2. The summed E-state index contributed by atoms with van der Waals surface area (Å²) < 4.78 is 9.07. The molecular weight excluding hydrogens is 202 g/mol. The first kappa shape index (κ1) is 11.9. The molecule has 0 aromatic heterocycles. The fourth-order valence-corrected chi connectivity index (χ4v) is 1.63. The maximum absolute atomic E-state index is 11.2. The molecule has 1 fully saturated rings. The molecule has 1 aliphatic rings. The maximum atomic E-state index is 11.2. The van der Waals surface area contributed by atoms with Gasteiger partial charge in [-0.1, -0.05) is 0 Å². The third-order valence-corrected chi connectivity index (χ3v) is 2.39. The molecule has 0 bridgehead atoms. The van der Waals surface area contributed by atoms with Crippen LogP contribution < -0.4 is 5.32 Å². The molecule has 0 spiro atoms. The van der Waals surface area contributed by atoms with Crippen molar-refractivity contribution in [2.75, 3.05) is 14.2 Å². The lowest BCUT2D eigenvalue weighted by atomic mass is 9.96. The number of aliphatic hydroxyl groups is 1. The molecule has 1 saturated heterocycles. The van der Waals surface area contributed by atoms with Gasteiger partial charge >= 0.3 is 11.9 Å². The number of esters is 2. The first-order valence-electron chi connectivity index (χ1n) is 4.68. The van der Waals surface area contributed by atoms with Crippen LogP contribution in [0.4, 0.5) is 0 Å². The van der Waals surface area contributed by atoms with Gasteiger partial charge in [0.25, 0.3) is 0 Å². The van der Waals surface area contributed by atoms with Gasteiger partial charge in [-0.25, -0.2) is 0 Å². The number of hydrogen-bond donors (Lipinski definition) is 2. The Morgan fingerprint density at radius 2 is 1.53 bits per heavy atom. The van der Waals surface area contributed by atoms with E-state index in [2.05, 4.69) is 14.8 Å². The number of ether oxygens (including phenoxy) is 2. The van der Waals surface area contributed by atoms with Crippen molar-refractivity contribution >= 4 is 11.9 Å². The van der Waals surface area contributed by atoms with E-state index in [0.29, 0.717) is 0 Å². The molecule has 1 aliphatic heterocycles. The van der Waals surface area contributed by atoms with Crippen molar-refractivity contribution in [1.29, 1.82) is 0 Å². The van der Waals surface area contributed by atoms with Crippen LogP contribution in [0.5, 0.6) is 0 Å². The molecule has 86 valence electrons. The smallest absolute Gasteiger partial charge is 0.322 e. The third-order valence-electron chi connectivity index (χ3n) is 2.39. The highest BCUT2D eigenvalue weighted by Crippen LogP contribution is 2.15. The Morgan fingerprint density at radius 3 is 1.87 bits per heavy atom. The average molecular weight is 217 g/mol. The van der Waals surface area contributed by atoms with Gasteiger partial charge in [0.2, 0.25) is 0 Å². The summed E-state index contributed by atoms with van der Waals surface area (Å²) in [4.78, 5) is 22.4. The molecule has 6 nitrogen and oxygen atoms in total. The molecule has 0 aromatic rings. The van der Waals surface area contributed by atoms with Crippen molar-refractivity contribution in [3.05, 3.63) is 0 Å². The molecule has 6 heteroatoms. The minimum Gasteiger partial charge on any atom is -0.468 e. The minimum atomic E-state index is -0.695. The second-order valence-electron chi connectivity index (χ2n) is 3.44. The average Bonchev–Trinajstić information content (AvgIpc) is 2.26. The van der Waals surface area contributed by atoms with E-state index in [-0.39, 0.29) is 12.8 Å². The second-order valence-corrected chi connectivity index (χ2v) is 3.44. The quantitative estimate of drug-likeness (QED) is 0.566. The number of methoxy groups -OCH3 is 2. The molecule has 0 saturated carbocycles. The predicted molar refractivity (Wildman–Crippen MR) is 50.0 cm³/mol. The van der Waals surface area contributed by atoms with Gasteiger partial charge in [0.15, 0.2) is 0 Å². The van der Waals surface area contributed by atoms with Gasteiger partial charge in [-0.15, -0.1) is 0 Å². The van der Waals surface area contributed by atoms with Crippen molar-refractivity contribution in [3.63, 3.8) is 0 Å². The molecule has 0 aliphatic carbocycles. The van der Waals surface area contributed by atoms with Crippen LogP contribution >= 0.6 is 0 Å². The second kappa shape index (κ2) is 5.09. The molecule has 1 unspecified atom stereocenters. The molecule has 3 atom stereocenters. The minimum absolute atomic E-state index is 0.250. The van der Waals surface area contributed by atoms with Crippen molar-refractivity contribution in [1.82, 2.24) is 5.32 Å². The zero-order valence-electron chi connectivity index (χ0n) is 8.73. The van der Waals surface area contributed by atoms with E-state index in [1.165, 1.54) is 14.2 Å². The summed E-state index contributed by atoms with van der Waals surface area (Å²) in [5.74, 6) is -0.967. The van der Waals surface area contributed by atoms with E-state index in [1.807, 2.05) is 0 Å². The molecule has 15 heavy (non-hydrogen) atoms. The van der Waals surface area contributed by atoms with Gasteiger partial charge in [-0.3, -0.25) is 14.9 Å². The lowest BCUT2D eigenvalue weighted by Gasteiger charge is -2.30. The van der Waals surface area contributed by atoms with Gasteiger partial charge in [-0.2, -0.15) is 0 Å². The van der Waals surface area contributed by atoms with Gasteiger partial charge in [0.1, 0.15) is 12.1 Å². The van der Waals surface area contributed by atoms with Crippen LogP contribution in [0, 0.1) is 0 Å². The van der Waals surface area contributed by atoms with Crippen LogP contribution in [-0.4, -0.2) is 49.5 Å². The Labute approximate surface area is 87.5 Å². The molecule has 0 radical (unpaired) electrons. The van der Waals surface area contributed by atoms with Gasteiger partial charge in [0, 0.05) is 0 Å². The Morgan fingerprint density at radius 1 is 1.13 bits per heavy atom. The summed E-state index contributed by atoms with van der Waals surface area (Å²) in [7, 11) is 2.52. The zero-order valence-corrected chi connectivity index (χ0v) is 8.73. The van der Waals surface area contributed by atoms with Crippen LogP contribution in [-0.2, 0) is 19.1 Å². The Balaban J connectivity index is 2.63. The zero-order chi connectivity index (χ0) is 11.4. The summed E-state index contributed by atoms with van der Waals surface area (Å²) in [6.07, 6.45) is -0.195. The topological polar surface area (TPSA) is 84.9 Å². The fourth-order valence-electron chi connectivity index (χ4n) is 1.63. The van der Waals surface area contributed by atoms with Gasteiger partial charge < -0.3 is 14.6 Å². The van der Waals surface area contributed by atoms with E-state index in [4.69, 9.17) is 0 Å². The maximum Gasteiger partial charge on any atom is 0.322 e. The molecule has 2 N–H and O–H groups in total. The normalized spacial score (nSPS) is 30.7. The molecule has 1 heterocycles. The van der Waals surface area contributed by atoms with Crippen molar-refractivity contribution in [3.8, 4) is 0 Å². The standard InChI is InChI=1S/C9H15NO5/c1-14-8(12)6-3-5(11)4-7(10-6)9(13)15-2/h5-7,10-11H,3-4H2,1-2H3/t5?,6-,7+. The monoisotopic (exact) mass is 217 g/mol. The first-order chi connectivity index (χ1) is 7.08. The van der Waals surface area contributed by atoms with E-state index in [0.717, 1.165) is 0 Å². The van der Waals surface area contributed by atoms with Crippen molar-refractivity contribution in [2.24, 2.45) is 0 Å². The Bertz CT molecular complexity index is 231. The van der Waals surface area contributed by atoms with Crippen LogP contribution in [0.3, 0.4) is 0 Å². The molecule has 0 amide bonds.